The Morgan fingerprint density at radius 1 is 1.47 bits per heavy atom. The van der Waals surface area contributed by atoms with Gasteiger partial charge in [0.25, 0.3) is 0 Å². The molecular formula is C9H6BrN3OS. The van der Waals surface area contributed by atoms with Crippen molar-refractivity contribution in [3.63, 3.8) is 0 Å². The molecule has 3 heterocycles. The lowest BCUT2D eigenvalue weighted by molar-refractivity contribution is 0.547. The van der Waals surface area contributed by atoms with E-state index >= 15 is 0 Å². The van der Waals surface area contributed by atoms with Gasteiger partial charge in [-0.25, -0.2) is 9.50 Å². The molecule has 0 N–H and O–H groups in total. The van der Waals surface area contributed by atoms with E-state index in [0.29, 0.717) is 0 Å². The summed E-state index contributed by atoms with van der Waals surface area (Å²) >= 11 is 4.80. The first-order chi connectivity index (χ1) is 7.22. The highest BCUT2D eigenvalue weighted by atomic mass is 79.9. The van der Waals surface area contributed by atoms with Gasteiger partial charge in [-0.15, -0.1) is 5.10 Å². The molecule has 15 heavy (non-hydrogen) atoms. The summed E-state index contributed by atoms with van der Waals surface area (Å²) in [5.41, 5.74) is 0.814. The van der Waals surface area contributed by atoms with Crippen molar-refractivity contribution in [2.75, 3.05) is 0 Å². The summed E-state index contributed by atoms with van der Waals surface area (Å²) in [4.78, 5) is 5.27. The molecular weight excluding hydrogens is 278 g/mol. The highest BCUT2D eigenvalue weighted by molar-refractivity contribution is 9.11. The standard InChI is InChI=1S/C9H6BrN3OS/c1-5-2-3-7(14-5)6-4-13-9(11-6)15-8(10)12-13/h2-4H,1H3. The van der Waals surface area contributed by atoms with E-state index < -0.39 is 0 Å². The summed E-state index contributed by atoms with van der Waals surface area (Å²) in [7, 11) is 0. The van der Waals surface area contributed by atoms with E-state index in [-0.39, 0.29) is 0 Å². The van der Waals surface area contributed by atoms with Crippen molar-refractivity contribution in [3.8, 4) is 11.5 Å². The molecule has 0 amide bonds. The maximum atomic E-state index is 5.49. The molecule has 0 bridgehead atoms. The van der Waals surface area contributed by atoms with Crippen molar-refractivity contribution in [1.29, 1.82) is 0 Å². The number of imidazole rings is 1. The quantitative estimate of drug-likeness (QED) is 0.689. The number of rotatable bonds is 1. The molecule has 0 saturated heterocycles. The minimum atomic E-state index is 0.779. The second-order valence-electron chi connectivity index (χ2n) is 3.12. The molecule has 0 saturated carbocycles. The van der Waals surface area contributed by atoms with E-state index in [0.717, 1.165) is 26.1 Å². The molecule has 3 aromatic rings. The molecule has 0 aliphatic heterocycles. The minimum Gasteiger partial charge on any atom is -0.460 e. The van der Waals surface area contributed by atoms with Gasteiger partial charge in [0.1, 0.15) is 11.5 Å². The number of furan rings is 1. The Morgan fingerprint density at radius 2 is 2.33 bits per heavy atom. The predicted octanol–water partition coefficient (Wildman–Crippen LogP) is 3.12. The van der Waals surface area contributed by atoms with Crippen LogP contribution in [-0.2, 0) is 0 Å². The number of hydrogen-bond acceptors (Lipinski definition) is 4. The van der Waals surface area contributed by atoms with E-state index in [4.69, 9.17) is 4.42 Å². The number of hydrogen-bond donors (Lipinski definition) is 0. The van der Waals surface area contributed by atoms with E-state index in [1.807, 2.05) is 25.3 Å². The molecule has 0 unspecified atom stereocenters. The Hall–Kier alpha value is -1.14. The summed E-state index contributed by atoms with van der Waals surface area (Å²) in [6, 6.07) is 3.84. The molecule has 0 fully saturated rings. The largest absolute Gasteiger partial charge is 0.460 e. The van der Waals surface area contributed by atoms with Crippen LogP contribution in [0, 0.1) is 6.92 Å². The van der Waals surface area contributed by atoms with Crippen LogP contribution in [0.1, 0.15) is 5.76 Å². The van der Waals surface area contributed by atoms with Crippen LogP contribution in [0.15, 0.2) is 26.7 Å². The van der Waals surface area contributed by atoms with Crippen LogP contribution in [0.2, 0.25) is 0 Å². The SMILES string of the molecule is Cc1ccc(-c2cn3nc(Br)sc3n2)o1. The van der Waals surface area contributed by atoms with Gasteiger partial charge in [-0.05, 0) is 35.0 Å². The maximum Gasteiger partial charge on any atom is 0.213 e. The number of halogens is 1. The third kappa shape index (κ3) is 1.49. The highest BCUT2D eigenvalue weighted by Gasteiger charge is 2.10. The first-order valence-electron chi connectivity index (χ1n) is 4.31. The van der Waals surface area contributed by atoms with Crippen molar-refractivity contribution in [1.82, 2.24) is 14.6 Å². The van der Waals surface area contributed by atoms with Crippen LogP contribution in [0.3, 0.4) is 0 Å². The fraction of sp³-hybridized carbons (Fsp3) is 0.111. The van der Waals surface area contributed by atoms with Crippen LogP contribution < -0.4 is 0 Å². The number of aryl methyl sites for hydroxylation is 1. The molecule has 76 valence electrons. The van der Waals surface area contributed by atoms with Crippen LogP contribution in [0.5, 0.6) is 0 Å². The maximum absolute atomic E-state index is 5.49. The van der Waals surface area contributed by atoms with E-state index in [9.17, 15) is 0 Å². The molecule has 0 atom stereocenters. The van der Waals surface area contributed by atoms with Crippen LogP contribution >= 0.6 is 27.3 Å². The third-order valence-electron chi connectivity index (χ3n) is 2.01. The summed E-state index contributed by atoms with van der Waals surface area (Å²) < 4.78 is 8.05. The molecule has 0 aliphatic carbocycles. The van der Waals surface area contributed by atoms with Crippen molar-refractivity contribution in [2.45, 2.75) is 6.92 Å². The lowest BCUT2D eigenvalue weighted by atomic mass is 10.3. The third-order valence-corrected chi connectivity index (χ3v) is 3.37. The van der Waals surface area contributed by atoms with Gasteiger partial charge in [-0.1, -0.05) is 11.3 Å². The van der Waals surface area contributed by atoms with Crippen LogP contribution in [0.25, 0.3) is 16.4 Å². The van der Waals surface area contributed by atoms with Crippen LogP contribution in [0.4, 0.5) is 0 Å². The highest BCUT2D eigenvalue weighted by Crippen LogP contribution is 2.25. The zero-order valence-electron chi connectivity index (χ0n) is 7.77. The van der Waals surface area contributed by atoms with Gasteiger partial charge < -0.3 is 4.42 Å². The second kappa shape index (κ2) is 3.18. The van der Waals surface area contributed by atoms with Crippen molar-refractivity contribution in [3.05, 3.63) is 28.0 Å². The lowest BCUT2D eigenvalue weighted by Crippen LogP contribution is -1.77. The predicted molar refractivity (Wildman–Crippen MR) is 61.0 cm³/mol. The van der Waals surface area contributed by atoms with Gasteiger partial charge in [-0.2, -0.15) is 0 Å². The Morgan fingerprint density at radius 3 is 3.00 bits per heavy atom. The zero-order valence-corrected chi connectivity index (χ0v) is 10.2. The van der Waals surface area contributed by atoms with Crippen molar-refractivity contribution in [2.24, 2.45) is 0 Å². The summed E-state index contributed by atoms with van der Waals surface area (Å²) in [6.45, 7) is 1.91. The van der Waals surface area contributed by atoms with E-state index in [2.05, 4.69) is 26.0 Å². The molecule has 0 spiro atoms. The molecule has 0 aliphatic rings. The summed E-state index contributed by atoms with van der Waals surface area (Å²) in [5, 5.41) is 4.21. The smallest absolute Gasteiger partial charge is 0.213 e. The van der Waals surface area contributed by atoms with E-state index in [1.54, 1.807) is 4.52 Å². The summed E-state index contributed by atoms with van der Waals surface area (Å²) in [5.74, 6) is 1.66. The van der Waals surface area contributed by atoms with Crippen molar-refractivity contribution >= 4 is 32.2 Å². The number of fused-ring (bicyclic) bond motifs is 1. The topological polar surface area (TPSA) is 43.3 Å². The molecule has 0 aromatic carbocycles. The zero-order chi connectivity index (χ0) is 10.4. The van der Waals surface area contributed by atoms with Gasteiger partial charge in [0, 0.05) is 0 Å². The molecule has 6 heteroatoms. The monoisotopic (exact) mass is 283 g/mol. The normalized spacial score (nSPS) is 11.3. The lowest BCUT2D eigenvalue weighted by Gasteiger charge is -1.86. The molecule has 4 nitrogen and oxygen atoms in total. The van der Waals surface area contributed by atoms with Crippen LogP contribution in [-0.4, -0.2) is 14.6 Å². The molecule has 3 aromatic heterocycles. The van der Waals surface area contributed by atoms with Gasteiger partial charge in [0.15, 0.2) is 9.68 Å². The van der Waals surface area contributed by atoms with Gasteiger partial charge >= 0.3 is 0 Å². The summed E-state index contributed by atoms with van der Waals surface area (Å²) in [6.07, 6.45) is 1.86. The van der Waals surface area contributed by atoms with E-state index in [1.165, 1.54) is 11.3 Å². The molecule has 0 radical (unpaired) electrons. The Bertz CT molecular complexity index is 593. The first-order valence-corrected chi connectivity index (χ1v) is 5.92. The van der Waals surface area contributed by atoms with Gasteiger partial charge in [0.05, 0.1) is 6.20 Å². The molecule has 3 rings (SSSR count). The van der Waals surface area contributed by atoms with Gasteiger partial charge in [0.2, 0.25) is 4.96 Å². The van der Waals surface area contributed by atoms with Gasteiger partial charge in [-0.3, -0.25) is 0 Å². The minimum absolute atomic E-state index is 0.779. The fourth-order valence-electron chi connectivity index (χ4n) is 1.37. The van der Waals surface area contributed by atoms with Crippen molar-refractivity contribution < 1.29 is 4.42 Å². The Labute approximate surface area is 97.7 Å². The average Bonchev–Trinajstić information content (AvgIpc) is 2.78. The number of aromatic nitrogens is 3. The second-order valence-corrected chi connectivity index (χ2v) is 5.35. The fourth-order valence-corrected chi connectivity index (χ4v) is 2.58. The average molecular weight is 284 g/mol. The Balaban J connectivity index is 2.15. The Kier molecular flexibility index (Phi) is 1.93. The first kappa shape index (κ1) is 9.11. The number of nitrogens with zero attached hydrogens (tertiary/aromatic N) is 3.